The first-order valence-corrected chi connectivity index (χ1v) is 23.8. The second-order valence-electron chi connectivity index (χ2n) is 20.8. The number of ether oxygens (including phenoxy) is 6. The van der Waals surface area contributed by atoms with Crippen molar-refractivity contribution in [3.63, 3.8) is 0 Å². The Bertz CT molecular complexity index is 2590. The minimum Gasteiger partial charge on any atom is -0.455 e. The van der Waals surface area contributed by atoms with E-state index in [4.69, 9.17) is 40.0 Å². The minimum atomic E-state index is -2.13. The first kappa shape index (κ1) is 52.9. The Hall–Kier alpha value is -5.92. The maximum absolute atomic E-state index is 15.2. The van der Waals surface area contributed by atoms with Crippen LogP contribution in [0.25, 0.3) is 0 Å². The topological polar surface area (TPSA) is 240 Å². The van der Waals surface area contributed by atoms with E-state index >= 15 is 9.59 Å². The summed E-state index contributed by atoms with van der Waals surface area (Å²) in [6.07, 6.45) is -9.46. The van der Waals surface area contributed by atoms with Gasteiger partial charge in [0.15, 0.2) is 11.4 Å². The van der Waals surface area contributed by atoms with E-state index in [1.807, 2.05) is 30.3 Å². The van der Waals surface area contributed by atoms with Gasteiger partial charge in [-0.3, -0.25) is 19.7 Å². The van der Waals surface area contributed by atoms with E-state index in [2.05, 4.69) is 5.32 Å². The van der Waals surface area contributed by atoms with Crippen LogP contribution in [0.4, 0.5) is 15.3 Å². The third-order valence-electron chi connectivity index (χ3n) is 14.6. The molecule has 7 rings (SSSR count). The van der Waals surface area contributed by atoms with Crippen LogP contribution in [0.5, 0.6) is 0 Å². The normalized spacial score (nSPS) is 28.5. The molecule has 1 saturated heterocycles. The standard InChI is InChI=1S/C52H62ClN3O15/c1-29-36(68-45(60)41(39(32-18-14-11-15-19-32)54-46(61)71-48(3,4)5)69-47(62)55(9)26-33-20-21-34(53)24-35(33)56(64)65)25-52(63)44(66-27-31-16-12-10-13-17-31)42-50(8,43(59)40(58)38(29)49(52,6)7)23-22-37-51(42,28-67-37)70-30(2)57/h10-21,24,36-37,39-42,44,58,63H,22-23,25-28H2,1-9H3,(H,54,61)/t36-,37?,39-,40+,41+,42?,44-,50+,51-,52-/m0/s1. The van der Waals surface area contributed by atoms with Crippen LogP contribution < -0.4 is 5.32 Å². The lowest BCUT2D eigenvalue weighted by molar-refractivity contribution is -0.385. The Morgan fingerprint density at radius 1 is 1.03 bits per heavy atom. The molecule has 71 heavy (non-hydrogen) atoms. The molecule has 3 aliphatic carbocycles. The highest BCUT2D eigenvalue weighted by Gasteiger charge is 2.75. The molecule has 2 amide bonds. The zero-order valence-corrected chi connectivity index (χ0v) is 42.0. The van der Waals surface area contributed by atoms with Crippen molar-refractivity contribution >= 4 is 47.2 Å². The van der Waals surface area contributed by atoms with E-state index in [1.54, 1.807) is 78.8 Å². The van der Waals surface area contributed by atoms with Crippen LogP contribution >= 0.6 is 11.6 Å². The molecule has 4 aliphatic rings. The van der Waals surface area contributed by atoms with Gasteiger partial charge in [0, 0.05) is 53.8 Å². The second-order valence-corrected chi connectivity index (χ2v) is 21.2. The summed E-state index contributed by atoms with van der Waals surface area (Å²) in [4.78, 5) is 83.6. The van der Waals surface area contributed by atoms with Gasteiger partial charge in [0.25, 0.3) is 5.69 Å². The summed E-state index contributed by atoms with van der Waals surface area (Å²) in [5.74, 6) is -3.61. The summed E-state index contributed by atoms with van der Waals surface area (Å²) in [6.45, 7) is 12.2. The third-order valence-corrected chi connectivity index (χ3v) is 14.9. The lowest BCUT2D eigenvalue weighted by atomic mass is 9.45. The van der Waals surface area contributed by atoms with E-state index in [-0.39, 0.29) is 59.2 Å². The number of carbonyl (C=O) groups is 5. The third kappa shape index (κ3) is 10.1. The van der Waals surface area contributed by atoms with Crippen molar-refractivity contribution in [1.82, 2.24) is 10.2 Å². The van der Waals surface area contributed by atoms with Gasteiger partial charge < -0.3 is 48.9 Å². The summed E-state index contributed by atoms with van der Waals surface area (Å²) in [6, 6.07) is 19.6. The molecule has 2 bridgehead atoms. The van der Waals surface area contributed by atoms with Crippen molar-refractivity contribution < 1.29 is 67.5 Å². The lowest BCUT2D eigenvalue weighted by Gasteiger charge is -2.67. The number of nitro groups is 1. The molecule has 2 unspecified atom stereocenters. The number of rotatable bonds is 13. The zero-order valence-electron chi connectivity index (χ0n) is 41.3. The number of aliphatic hydroxyl groups is 2. The highest BCUT2D eigenvalue weighted by atomic mass is 35.5. The number of fused-ring (bicyclic) bond motifs is 5. The largest absolute Gasteiger partial charge is 0.455 e. The lowest BCUT2D eigenvalue weighted by Crippen LogP contribution is -2.79. The van der Waals surface area contributed by atoms with Crippen molar-refractivity contribution in [2.24, 2.45) is 16.7 Å². The number of aliphatic hydroxyl groups excluding tert-OH is 1. The second kappa shape index (κ2) is 19.9. The molecule has 3 fully saturated rings. The van der Waals surface area contributed by atoms with Crippen LogP contribution in [0, 0.1) is 26.9 Å². The number of hydrogen-bond donors (Lipinski definition) is 3. The van der Waals surface area contributed by atoms with E-state index in [0.717, 1.165) is 16.5 Å². The molecule has 382 valence electrons. The fourth-order valence-corrected chi connectivity index (χ4v) is 11.3. The molecule has 0 aromatic heterocycles. The molecule has 1 aliphatic heterocycles. The summed E-state index contributed by atoms with van der Waals surface area (Å²) >= 11 is 6.06. The van der Waals surface area contributed by atoms with Gasteiger partial charge in [-0.25, -0.2) is 14.4 Å². The maximum atomic E-state index is 15.2. The van der Waals surface area contributed by atoms with Crippen LogP contribution in [0.15, 0.2) is 90.0 Å². The van der Waals surface area contributed by atoms with Gasteiger partial charge in [-0.1, -0.05) is 93.0 Å². The monoisotopic (exact) mass is 1000 g/mol. The first-order valence-electron chi connectivity index (χ1n) is 23.5. The van der Waals surface area contributed by atoms with Crippen molar-refractivity contribution in [2.45, 2.75) is 141 Å². The number of nitrogens with zero attached hydrogens (tertiary/aromatic N) is 2. The molecule has 3 N–H and O–H groups in total. The number of hydrogen-bond acceptors (Lipinski definition) is 15. The summed E-state index contributed by atoms with van der Waals surface area (Å²) in [7, 11) is 1.29. The summed E-state index contributed by atoms with van der Waals surface area (Å²) < 4.78 is 37.1. The Kier molecular flexibility index (Phi) is 14.9. The fraction of sp³-hybridized carbons (Fsp3) is 0.519. The summed E-state index contributed by atoms with van der Waals surface area (Å²) in [5, 5.41) is 41.0. The number of amides is 2. The molecule has 3 aromatic rings. The smallest absolute Gasteiger partial charge is 0.410 e. The van der Waals surface area contributed by atoms with Crippen LogP contribution in [0.1, 0.15) is 97.4 Å². The van der Waals surface area contributed by atoms with Crippen molar-refractivity contribution in [1.29, 1.82) is 0 Å². The van der Waals surface area contributed by atoms with E-state index in [1.165, 1.54) is 26.1 Å². The van der Waals surface area contributed by atoms with Gasteiger partial charge in [0.05, 0.1) is 30.8 Å². The van der Waals surface area contributed by atoms with Gasteiger partial charge in [0.1, 0.15) is 35.6 Å². The Labute approximate surface area is 417 Å². The number of halogens is 1. The van der Waals surface area contributed by atoms with Gasteiger partial charge in [-0.2, -0.15) is 0 Å². The van der Waals surface area contributed by atoms with Crippen molar-refractivity contribution in [3.8, 4) is 0 Å². The molecular weight excluding hydrogens is 942 g/mol. The van der Waals surface area contributed by atoms with Gasteiger partial charge in [-0.15, -0.1) is 0 Å². The number of esters is 2. The first-order chi connectivity index (χ1) is 33.2. The summed E-state index contributed by atoms with van der Waals surface area (Å²) in [5.41, 5.74) is -6.58. The Balaban J connectivity index is 1.34. The Morgan fingerprint density at radius 2 is 1.68 bits per heavy atom. The molecule has 3 aromatic carbocycles. The van der Waals surface area contributed by atoms with Crippen LogP contribution in [0.2, 0.25) is 5.02 Å². The molecule has 19 heteroatoms. The maximum Gasteiger partial charge on any atom is 0.410 e. The van der Waals surface area contributed by atoms with Crippen LogP contribution in [0.3, 0.4) is 0 Å². The van der Waals surface area contributed by atoms with E-state index in [0.29, 0.717) is 6.42 Å². The number of Topliss-reactive ketones (excluding diaryl/α,β-unsaturated/α-hetero) is 1. The SMILES string of the molecule is CC(=O)O[C@@]12COC1CC[C@@]1(C)C(=O)[C@H](O)C3=C(C)[C@@H](OC(=O)[C@H](OC(=O)N(C)Cc4ccc(Cl)cc4[N+](=O)[O-])[C@@H](NC(=O)OC(C)(C)C)c4ccccc4)C[C@](O)([C@@H](OCc4ccccc4)C21)C3(C)C. The number of carbonyl (C=O) groups excluding carboxylic acids is 5. The van der Waals surface area contributed by atoms with Crippen LogP contribution in [-0.2, 0) is 56.0 Å². The molecular formula is C52H62ClN3O15. The predicted octanol–water partition coefficient (Wildman–Crippen LogP) is 7.49. The molecule has 18 nitrogen and oxygen atoms in total. The minimum absolute atomic E-state index is 0.0693. The average molecular weight is 1000 g/mol. The highest BCUT2D eigenvalue weighted by molar-refractivity contribution is 6.30. The number of alkyl carbamates (subject to hydrolysis) is 1. The molecule has 0 radical (unpaired) electrons. The molecule has 2 saturated carbocycles. The highest BCUT2D eigenvalue weighted by Crippen LogP contribution is 2.64. The average Bonchev–Trinajstić information content (AvgIpc) is 3.29. The number of benzene rings is 3. The Morgan fingerprint density at radius 3 is 2.27 bits per heavy atom. The van der Waals surface area contributed by atoms with E-state index < -0.39 is 111 Å². The fourth-order valence-electron chi connectivity index (χ4n) is 11.1. The number of ketones is 1. The zero-order chi connectivity index (χ0) is 52.0. The van der Waals surface area contributed by atoms with Gasteiger partial charge in [0.2, 0.25) is 6.10 Å². The van der Waals surface area contributed by atoms with E-state index in [9.17, 15) is 34.7 Å². The van der Waals surface area contributed by atoms with Crippen molar-refractivity contribution in [3.05, 3.63) is 122 Å². The molecule has 10 atom stereocenters. The van der Waals surface area contributed by atoms with Gasteiger partial charge in [-0.05, 0) is 74.9 Å². The van der Waals surface area contributed by atoms with Crippen LogP contribution in [-0.4, -0.2) is 111 Å². The number of nitro benzene ring substituents is 1. The predicted molar refractivity (Wildman–Crippen MR) is 255 cm³/mol. The van der Waals surface area contributed by atoms with Gasteiger partial charge >= 0.3 is 24.1 Å². The quantitative estimate of drug-likeness (QED) is 0.0494. The van der Waals surface area contributed by atoms with Crippen molar-refractivity contribution in [2.75, 3.05) is 13.7 Å². The number of nitrogens with one attached hydrogen (secondary N) is 1. The molecule has 0 spiro atoms. The molecule has 1 heterocycles.